The van der Waals surface area contributed by atoms with Gasteiger partial charge in [-0.2, -0.15) is 0 Å². The third kappa shape index (κ3) is 2.54. The highest BCUT2D eigenvalue weighted by molar-refractivity contribution is 7.89. The average molecular weight is 198 g/mol. The molecule has 0 unspecified atom stereocenters. The number of nitrogens with zero attached hydrogens (tertiary/aromatic N) is 1. The first-order valence-electron chi connectivity index (χ1n) is 4.06. The topological polar surface area (TPSA) is 48.2 Å². The first-order valence-corrected chi connectivity index (χ1v) is 5.50. The molecule has 1 rings (SSSR count). The van der Waals surface area contributed by atoms with Gasteiger partial charge in [0.05, 0.1) is 4.90 Å². The molecule has 0 heterocycles. The number of benzene rings is 1. The molecule has 0 amide bonds. The van der Waals surface area contributed by atoms with E-state index in [2.05, 4.69) is 4.72 Å². The second-order valence-electron chi connectivity index (χ2n) is 2.73. The molecule has 1 aromatic rings. The van der Waals surface area contributed by atoms with E-state index in [4.69, 9.17) is 0 Å². The number of hydrogen-bond acceptors (Lipinski definition) is 2. The van der Waals surface area contributed by atoms with Gasteiger partial charge in [-0.15, -0.1) is 4.72 Å². The maximum atomic E-state index is 11.4. The fraction of sp³-hybridized carbons (Fsp3) is 0.333. The number of sulfonamides is 1. The molecule has 0 fully saturated rings. The molecule has 13 heavy (non-hydrogen) atoms. The second kappa shape index (κ2) is 3.89. The van der Waals surface area contributed by atoms with Crippen molar-refractivity contribution in [3.63, 3.8) is 0 Å². The lowest BCUT2D eigenvalue weighted by Crippen LogP contribution is -2.15. The van der Waals surface area contributed by atoms with Gasteiger partial charge in [0.2, 0.25) is 0 Å². The minimum atomic E-state index is -3.40. The van der Waals surface area contributed by atoms with Gasteiger partial charge in [0, 0.05) is 6.54 Å². The largest absolute Gasteiger partial charge is 0.256 e. The highest BCUT2D eigenvalue weighted by Crippen LogP contribution is 2.09. The number of hydrogen-bond donors (Lipinski definition) is 0. The van der Waals surface area contributed by atoms with Crippen LogP contribution < -0.4 is 4.72 Å². The monoisotopic (exact) mass is 198 g/mol. The van der Waals surface area contributed by atoms with Gasteiger partial charge >= 0.3 is 0 Å². The molecule has 0 aliphatic heterocycles. The average Bonchev–Trinajstić information content (AvgIpc) is 2.05. The predicted octanol–water partition coefficient (Wildman–Crippen LogP) is 1.31. The van der Waals surface area contributed by atoms with Crippen LogP contribution in [0.1, 0.15) is 12.5 Å². The Balaban J connectivity index is 3.02. The summed E-state index contributed by atoms with van der Waals surface area (Å²) >= 11 is 0. The molecule has 1 radical (unpaired) electrons. The summed E-state index contributed by atoms with van der Waals surface area (Å²) < 4.78 is 26.3. The van der Waals surface area contributed by atoms with Crippen molar-refractivity contribution in [2.75, 3.05) is 6.54 Å². The number of aryl methyl sites for hydroxylation is 1. The standard InChI is InChI=1S/C9H12NO2S/c1-3-10-13(11,12)9-6-4-8(2)5-7-9/h4-7H,3H2,1-2H3. The van der Waals surface area contributed by atoms with Gasteiger partial charge in [-0.25, -0.2) is 8.42 Å². The first-order chi connectivity index (χ1) is 6.06. The fourth-order valence-corrected chi connectivity index (χ4v) is 1.92. The lowest BCUT2D eigenvalue weighted by atomic mass is 10.2. The molecule has 0 atom stereocenters. The van der Waals surface area contributed by atoms with Gasteiger partial charge in [-0.05, 0) is 26.0 Å². The zero-order chi connectivity index (χ0) is 9.90. The molecule has 4 heteroatoms. The van der Waals surface area contributed by atoms with Crippen LogP contribution in [0.25, 0.3) is 0 Å². The van der Waals surface area contributed by atoms with E-state index in [1.165, 1.54) is 0 Å². The van der Waals surface area contributed by atoms with Crippen LogP contribution in [0.2, 0.25) is 0 Å². The van der Waals surface area contributed by atoms with Crippen LogP contribution in [0.15, 0.2) is 29.2 Å². The van der Waals surface area contributed by atoms with Gasteiger partial charge in [0.15, 0.2) is 0 Å². The van der Waals surface area contributed by atoms with E-state index in [1.807, 2.05) is 6.92 Å². The summed E-state index contributed by atoms with van der Waals surface area (Å²) in [5.41, 5.74) is 1.04. The Labute approximate surface area is 78.8 Å². The van der Waals surface area contributed by atoms with Crippen LogP contribution >= 0.6 is 0 Å². The SMILES string of the molecule is CC[N]S(=O)(=O)c1ccc(C)cc1. The minimum absolute atomic E-state index is 0.264. The Morgan fingerprint density at radius 2 is 1.77 bits per heavy atom. The fourth-order valence-electron chi connectivity index (χ4n) is 0.955. The maximum Gasteiger partial charge on any atom is 0.256 e. The van der Waals surface area contributed by atoms with E-state index in [9.17, 15) is 8.42 Å². The third-order valence-electron chi connectivity index (χ3n) is 1.62. The molecule has 0 spiro atoms. The maximum absolute atomic E-state index is 11.4. The molecule has 1 aromatic carbocycles. The van der Waals surface area contributed by atoms with Crippen molar-refractivity contribution in [3.05, 3.63) is 29.8 Å². The van der Waals surface area contributed by atoms with E-state index in [-0.39, 0.29) is 11.4 Å². The summed E-state index contributed by atoms with van der Waals surface area (Å²) in [6.45, 7) is 3.90. The zero-order valence-electron chi connectivity index (χ0n) is 7.69. The van der Waals surface area contributed by atoms with Crippen molar-refractivity contribution < 1.29 is 8.42 Å². The lowest BCUT2D eigenvalue weighted by molar-refractivity contribution is 0.582. The van der Waals surface area contributed by atoms with Crippen molar-refractivity contribution in [3.8, 4) is 0 Å². The van der Waals surface area contributed by atoms with Crippen molar-refractivity contribution in [1.29, 1.82) is 0 Å². The van der Waals surface area contributed by atoms with Crippen LogP contribution in [-0.4, -0.2) is 15.0 Å². The Bertz CT molecular complexity index is 367. The molecule has 0 saturated carbocycles. The minimum Gasteiger partial charge on any atom is -0.206 e. The highest BCUT2D eigenvalue weighted by Gasteiger charge is 2.12. The molecule has 0 saturated heterocycles. The molecule has 0 aliphatic rings. The van der Waals surface area contributed by atoms with Crippen molar-refractivity contribution in [2.24, 2.45) is 0 Å². The zero-order valence-corrected chi connectivity index (χ0v) is 8.50. The van der Waals surface area contributed by atoms with Gasteiger partial charge in [-0.1, -0.05) is 17.7 Å². The Morgan fingerprint density at radius 3 is 2.23 bits per heavy atom. The smallest absolute Gasteiger partial charge is 0.206 e. The normalized spacial score (nSPS) is 11.5. The molecular formula is C9H12NO2S. The molecule has 0 aliphatic carbocycles. The Morgan fingerprint density at radius 1 is 1.23 bits per heavy atom. The van der Waals surface area contributed by atoms with E-state index in [0.717, 1.165) is 5.56 Å². The third-order valence-corrected chi connectivity index (χ3v) is 3.08. The van der Waals surface area contributed by atoms with E-state index >= 15 is 0 Å². The Hall–Kier alpha value is -0.870. The molecule has 3 nitrogen and oxygen atoms in total. The highest BCUT2D eigenvalue weighted by atomic mass is 32.2. The molecule has 71 valence electrons. The second-order valence-corrected chi connectivity index (χ2v) is 4.41. The molecule has 0 aromatic heterocycles. The predicted molar refractivity (Wildman–Crippen MR) is 51.0 cm³/mol. The van der Waals surface area contributed by atoms with Crippen LogP contribution in [-0.2, 0) is 10.0 Å². The molecule has 0 bridgehead atoms. The summed E-state index contributed by atoms with van der Waals surface area (Å²) in [6.07, 6.45) is 0. The quantitative estimate of drug-likeness (QED) is 0.735. The summed E-state index contributed by atoms with van der Waals surface area (Å²) in [5.74, 6) is 0. The van der Waals surface area contributed by atoms with Crippen molar-refractivity contribution in [2.45, 2.75) is 18.7 Å². The van der Waals surface area contributed by atoms with E-state index in [1.54, 1.807) is 31.2 Å². The van der Waals surface area contributed by atoms with Crippen LogP contribution in [0.3, 0.4) is 0 Å². The van der Waals surface area contributed by atoms with Gasteiger partial charge in [0.25, 0.3) is 10.0 Å². The van der Waals surface area contributed by atoms with Gasteiger partial charge in [-0.3, -0.25) is 0 Å². The summed E-state index contributed by atoms with van der Waals surface area (Å²) in [6, 6.07) is 6.67. The van der Waals surface area contributed by atoms with Gasteiger partial charge in [0.1, 0.15) is 0 Å². The van der Waals surface area contributed by atoms with Crippen LogP contribution in [0.5, 0.6) is 0 Å². The summed E-state index contributed by atoms with van der Waals surface area (Å²) in [5, 5.41) is 0. The van der Waals surface area contributed by atoms with Gasteiger partial charge < -0.3 is 0 Å². The van der Waals surface area contributed by atoms with Crippen LogP contribution in [0.4, 0.5) is 0 Å². The van der Waals surface area contributed by atoms with E-state index in [0.29, 0.717) is 0 Å². The Kier molecular flexibility index (Phi) is 3.06. The summed E-state index contributed by atoms with van der Waals surface area (Å²) in [7, 11) is -3.40. The van der Waals surface area contributed by atoms with Crippen molar-refractivity contribution in [1.82, 2.24) is 4.72 Å². The first kappa shape index (κ1) is 10.2. The van der Waals surface area contributed by atoms with Crippen LogP contribution in [0, 0.1) is 6.92 Å². The lowest BCUT2D eigenvalue weighted by Gasteiger charge is -2.01. The van der Waals surface area contributed by atoms with Crippen molar-refractivity contribution >= 4 is 10.0 Å². The molecule has 0 N–H and O–H groups in total. The number of rotatable bonds is 3. The van der Waals surface area contributed by atoms with E-state index < -0.39 is 10.0 Å². The molecular weight excluding hydrogens is 186 g/mol. The summed E-state index contributed by atoms with van der Waals surface area (Å²) in [4.78, 5) is 0.264.